The number of hydrogen-bond donors (Lipinski definition) is 2. The van der Waals surface area contributed by atoms with Crippen LogP contribution in [0.3, 0.4) is 0 Å². The Bertz CT molecular complexity index is 660. The number of nitrogens with one attached hydrogen (secondary N) is 2. The summed E-state index contributed by atoms with van der Waals surface area (Å²) in [5.41, 5.74) is 2.41. The Morgan fingerprint density at radius 3 is 2.90 bits per heavy atom. The molecule has 1 aliphatic carbocycles. The van der Waals surface area contributed by atoms with Gasteiger partial charge in [0.2, 0.25) is 5.91 Å². The molecule has 2 N–H and O–H groups in total. The van der Waals surface area contributed by atoms with Crippen LogP contribution in [0.1, 0.15) is 31.1 Å². The zero-order valence-corrected chi connectivity index (χ0v) is 12.4. The van der Waals surface area contributed by atoms with E-state index in [-0.39, 0.29) is 24.2 Å². The molecule has 0 radical (unpaired) electrons. The molecule has 1 unspecified atom stereocenters. The van der Waals surface area contributed by atoms with E-state index in [0.29, 0.717) is 5.92 Å². The first-order chi connectivity index (χ1) is 9.79. The molecule has 2 fully saturated rings. The van der Waals surface area contributed by atoms with E-state index in [9.17, 15) is 4.79 Å². The van der Waals surface area contributed by atoms with Gasteiger partial charge in [0.05, 0.1) is 5.92 Å². The van der Waals surface area contributed by atoms with Gasteiger partial charge in [-0.05, 0) is 37.9 Å². The van der Waals surface area contributed by atoms with E-state index < -0.39 is 0 Å². The third kappa shape index (κ3) is 2.89. The molecule has 1 saturated heterocycles. The van der Waals surface area contributed by atoms with Crippen molar-refractivity contribution in [3.63, 3.8) is 0 Å². The minimum absolute atomic E-state index is 0. The summed E-state index contributed by atoms with van der Waals surface area (Å²) >= 11 is 0. The highest BCUT2D eigenvalue weighted by molar-refractivity contribution is 5.94. The van der Waals surface area contributed by atoms with Gasteiger partial charge >= 0.3 is 0 Å². The second kappa shape index (κ2) is 5.66. The van der Waals surface area contributed by atoms with Crippen molar-refractivity contribution in [1.29, 1.82) is 0 Å². The summed E-state index contributed by atoms with van der Waals surface area (Å²) in [6, 6.07) is 5.67. The number of nitrogens with zero attached hydrogens (tertiary/aromatic N) is 1. The van der Waals surface area contributed by atoms with E-state index in [1.54, 1.807) is 0 Å². The van der Waals surface area contributed by atoms with Gasteiger partial charge in [0.15, 0.2) is 11.5 Å². The Labute approximate surface area is 128 Å². The molecule has 1 aliphatic heterocycles. The van der Waals surface area contributed by atoms with Crippen LogP contribution < -0.4 is 10.6 Å². The van der Waals surface area contributed by atoms with Gasteiger partial charge in [-0.2, -0.15) is 0 Å². The Kier molecular flexibility index (Phi) is 3.87. The maximum absolute atomic E-state index is 12.1. The van der Waals surface area contributed by atoms with Crippen molar-refractivity contribution >= 4 is 35.1 Å². The van der Waals surface area contributed by atoms with Gasteiger partial charge in [0.1, 0.15) is 5.52 Å². The topological polar surface area (TPSA) is 67.2 Å². The van der Waals surface area contributed by atoms with E-state index in [2.05, 4.69) is 15.6 Å². The number of amides is 1. The molecule has 21 heavy (non-hydrogen) atoms. The van der Waals surface area contributed by atoms with Gasteiger partial charge < -0.3 is 15.1 Å². The van der Waals surface area contributed by atoms with E-state index in [0.717, 1.165) is 42.2 Å². The first-order valence-electron chi connectivity index (χ1n) is 7.22. The molecule has 1 amide bonds. The van der Waals surface area contributed by atoms with Gasteiger partial charge in [-0.3, -0.25) is 4.79 Å². The molecule has 0 bridgehead atoms. The number of fused-ring (bicyclic) bond motifs is 1. The van der Waals surface area contributed by atoms with Gasteiger partial charge in [-0.1, -0.05) is 0 Å². The van der Waals surface area contributed by atoms with Gasteiger partial charge in [-0.15, -0.1) is 12.4 Å². The number of hydrogen-bond acceptors (Lipinski definition) is 4. The summed E-state index contributed by atoms with van der Waals surface area (Å²) in [5, 5.41) is 6.17. The lowest BCUT2D eigenvalue weighted by atomic mass is 10.1. The minimum atomic E-state index is 0. The van der Waals surface area contributed by atoms with Crippen LogP contribution in [-0.2, 0) is 4.79 Å². The van der Waals surface area contributed by atoms with Gasteiger partial charge in [-0.25, -0.2) is 4.98 Å². The molecule has 1 aromatic carbocycles. The third-order valence-electron chi connectivity index (χ3n) is 4.03. The molecule has 2 aliphatic rings. The summed E-state index contributed by atoms with van der Waals surface area (Å²) in [6.45, 7) is 1.69. The van der Waals surface area contributed by atoms with Gasteiger partial charge in [0, 0.05) is 24.2 Å². The second-order valence-electron chi connectivity index (χ2n) is 5.69. The Hall–Kier alpha value is -1.59. The Morgan fingerprint density at radius 1 is 1.33 bits per heavy atom. The highest BCUT2D eigenvalue weighted by Gasteiger charge is 2.29. The van der Waals surface area contributed by atoms with Crippen molar-refractivity contribution < 1.29 is 9.21 Å². The van der Waals surface area contributed by atoms with Crippen LogP contribution in [0.2, 0.25) is 0 Å². The van der Waals surface area contributed by atoms with E-state index >= 15 is 0 Å². The summed E-state index contributed by atoms with van der Waals surface area (Å²) < 4.78 is 5.76. The Morgan fingerprint density at radius 2 is 2.19 bits per heavy atom. The second-order valence-corrected chi connectivity index (χ2v) is 5.69. The molecule has 1 saturated carbocycles. The minimum Gasteiger partial charge on any atom is -0.440 e. The maximum Gasteiger partial charge on any atom is 0.228 e. The van der Waals surface area contributed by atoms with Crippen molar-refractivity contribution in [2.75, 3.05) is 18.4 Å². The fourth-order valence-corrected chi connectivity index (χ4v) is 2.65. The molecule has 1 atom stereocenters. The average Bonchev–Trinajstić information content (AvgIpc) is 3.00. The summed E-state index contributed by atoms with van der Waals surface area (Å²) in [6.07, 6.45) is 3.25. The Balaban J connectivity index is 0.00000132. The number of rotatable bonds is 3. The molecule has 4 rings (SSSR count). The fraction of sp³-hybridized carbons (Fsp3) is 0.467. The SMILES string of the molecule is Cl.O=C(Nc1ccc2nc(C3CC3)oc2c1)C1CCNC1. The first-order valence-corrected chi connectivity index (χ1v) is 7.22. The molecule has 5 nitrogen and oxygen atoms in total. The van der Waals surface area contributed by atoms with Gasteiger partial charge in [0.25, 0.3) is 0 Å². The highest BCUT2D eigenvalue weighted by atomic mass is 35.5. The number of benzene rings is 1. The lowest BCUT2D eigenvalue weighted by Gasteiger charge is -2.09. The van der Waals surface area contributed by atoms with E-state index in [4.69, 9.17) is 4.42 Å². The number of aromatic nitrogens is 1. The van der Waals surface area contributed by atoms with Crippen LogP contribution in [0.15, 0.2) is 22.6 Å². The number of carbonyl (C=O) groups excluding carboxylic acids is 1. The lowest BCUT2D eigenvalue weighted by Crippen LogP contribution is -2.24. The van der Waals surface area contributed by atoms with Crippen molar-refractivity contribution in [3.05, 3.63) is 24.1 Å². The molecule has 2 heterocycles. The third-order valence-corrected chi connectivity index (χ3v) is 4.03. The number of halogens is 1. The lowest BCUT2D eigenvalue weighted by molar-refractivity contribution is -0.119. The summed E-state index contributed by atoms with van der Waals surface area (Å²) in [4.78, 5) is 16.6. The largest absolute Gasteiger partial charge is 0.440 e. The monoisotopic (exact) mass is 307 g/mol. The van der Waals surface area contributed by atoms with Crippen LogP contribution >= 0.6 is 12.4 Å². The summed E-state index contributed by atoms with van der Waals surface area (Å²) in [5.74, 6) is 1.49. The van der Waals surface area contributed by atoms with Crippen LogP contribution in [0.25, 0.3) is 11.1 Å². The van der Waals surface area contributed by atoms with Crippen LogP contribution in [0.5, 0.6) is 0 Å². The van der Waals surface area contributed by atoms with Crippen molar-refractivity contribution in [2.45, 2.75) is 25.2 Å². The quantitative estimate of drug-likeness (QED) is 0.915. The smallest absolute Gasteiger partial charge is 0.228 e. The van der Waals surface area contributed by atoms with Crippen molar-refractivity contribution in [2.24, 2.45) is 5.92 Å². The molecule has 1 aromatic heterocycles. The average molecular weight is 308 g/mol. The standard InChI is InChI=1S/C15H17N3O2.ClH/c19-14(10-5-6-16-8-10)17-11-3-4-12-13(7-11)20-15(18-12)9-1-2-9;/h3-4,7,9-10,16H,1-2,5-6,8H2,(H,17,19);1H. The number of oxazole rings is 1. The zero-order valence-electron chi connectivity index (χ0n) is 11.6. The molecule has 2 aromatic rings. The zero-order chi connectivity index (χ0) is 13.5. The maximum atomic E-state index is 12.1. The molecule has 112 valence electrons. The molecular formula is C15H18ClN3O2. The van der Waals surface area contributed by atoms with E-state index in [1.165, 1.54) is 12.8 Å². The number of anilines is 1. The first kappa shape index (κ1) is 14.4. The number of carbonyl (C=O) groups is 1. The van der Waals surface area contributed by atoms with E-state index in [1.807, 2.05) is 18.2 Å². The fourth-order valence-electron chi connectivity index (χ4n) is 2.65. The van der Waals surface area contributed by atoms with Crippen LogP contribution in [0.4, 0.5) is 5.69 Å². The van der Waals surface area contributed by atoms with Crippen LogP contribution in [-0.4, -0.2) is 24.0 Å². The molecular weight excluding hydrogens is 290 g/mol. The normalized spacial score (nSPS) is 21.2. The van der Waals surface area contributed by atoms with Crippen molar-refractivity contribution in [3.8, 4) is 0 Å². The molecule has 0 spiro atoms. The summed E-state index contributed by atoms with van der Waals surface area (Å²) in [7, 11) is 0. The molecule has 6 heteroatoms. The van der Waals surface area contributed by atoms with Crippen LogP contribution in [0, 0.1) is 5.92 Å². The highest BCUT2D eigenvalue weighted by Crippen LogP contribution is 2.40. The van der Waals surface area contributed by atoms with Crippen molar-refractivity contribution in [1.82, 2.24) is 10.3 Å². The predicted molar refractivity (Wildman–Crippen MR) is 82.8 cm³/mol. The predicted octanol–water partition coefficient (Wildman–Crippen LogP) is 2.67.